The summed E-state index contributed by atoms with van der Waals surface area (Å²) in [5.41, 5.74) is 13.7. The Balaban J connectivity index is 1.45. The first-order valence-corrected chi connectivity index (χ1v) is 23.4. The van der Waals surface area contributed by atoms with Crippen LogP contribution >= 0.6 is 0 Å². The molecule has 59 heavy (non-hydrogen) atoms. The van der Waals surface area contributed by atoms with E-state index in [9.17, 15) is 0 Å². The Labute approximate surface area is 362 Å². The molecule has 0 radical (unpaired) electrons. The highest BCUT2D eigenvalue weighted by molar-refractivity contribution is 5.55. The lowest BCUT2D eigenvalue weighted by molar-refractivity contribution is 0.125. The molecule has 0 aliphatic carbocycles. The molecule has 0 bridgehead atoms. The molecule has 5 nitrogen and oxygen atoms in total. The lowest BCUT2D eigenvalue weighted by atomic mass is 9.84. The largest absolute Gasteiger partial charge is 0.381 e. The van der Waals surface area contributed by atoms with Crippen molar-refractivity contribution >= 4 is 22.7 Å². The van der Waals surface area contributed by atoms with Crippen molar-refractivity contribution in [2.75, 3.05) is 87.2 Å². The summed E-state index contributed by atoms with van der Waals surface area (Å²) >= 11 is 0. The van der Waals surface area contributed by atoms with Crippen LogP contribution in [0, 0.1) is 13.8 Å². The van der Waals surface area contributed by atoms with Gasteiger partial charge < -0.3 is 24.3 Å². The van der Waals surface area contributed by atoms with E-state index in [1.165, 1.54) is 107 Å². The molecule has 0 aromatic heterocycles. The first kappa shape index (κ1) is 47.7. The van der Waals surface area contributed by atoms with Crippen LogP contribution in [-0.4, -0.2) is 67.6 Å². The van der Waals surface area contributed by atoms with E-state index >= 15 is 0 Å². The van der Waals surface area contributed by atoms with Crippen molar-refractivity contribution in [1.82, 2.24) is 0 Å². The van der Waals surface area contributed by atoms with E-state index in [2.05, 4.69) is 174 Å². The maximum Gasteiger partial charge on any atom is 0.0466 e. The standard InChI is InChI=1S/C54H82N4O/c1-11-15-35-57(36-16-12-2)49-31-33-51(43(5)41-49)53(45-23-27-47(28-24-45)55(7)8)21-19-39-59-40-20-22-54(46-25-29-48(30-26-46)56(9)10)52-34-32-50(42-44(52)6)58(37-17-13-3)38-18-14-4/h23-34,41-42,53-54H,11-22,35-40H2,1-10H3. The predicted molar refractivity (Wildman–Crippen MR) is 261 cm³/mol. The zero-order chi connectivity index (χ0) is 42.6. The fraction of sp³-hybridized carbons (Fsp3) is 0.556. The molecule has 0 heterocycles. The zero-order valence-corrected chi connectivity index (χ0v) is 39.2. The number of hydrogen-bond donors (Lipinski definition) is 0. The minimum Gasteiger partial charge on any atom is -0.381 e. The molecule has 0 fully saturated rings. The Bertz CT molecular complexity index is 1600. The van der Waals surface area contributed by atoms with Crippen LogP contribution in [-0.2, 0) is 4.74 Å². The normalized spacial score (nSPS) is 12.4. The van der Waals surface area contributed by atoms with Crippen molar-refractivity contribution in [2.45, 2.75) is 130 Å². The van der Waals surface area contributed by atoms with Crippen LogP contribution in [0.1, 0.15) is 150 Å². The number of ether oxygens (including phenoxy) is 1. The van der Waals surface area contributed by atoms with Gasteiger partial charge in [-0.25, -0.2) is 0 Å². The first-order chi connectivity index (χ1) is 28.6. The van der Waals surface area contributed by atoms with Gasteiger partial charge in [-0.05, 0) is 147 Å². The van der Waals surface area contributed by atoms with Gasteiger partial charge in [-0.2, -0.15) is 0 Å². The van der Waals surface area contributed by atoms with Crippen molar-refractivity contribution in [3.05, 3.63) is 118 Å². The van der Waals surface area contributed by atoms with Gasteiger partial charge in [0, 0.05) is 102 Å². The smallest absolute Gasteiger partial charge is 0.0466 e. The van der Waals surface area contributed by atoms with Gasteiger partial charge in [-0.15, -0.1) is 0 Å². The third kappa shape index (κ3) is 14.6. The summed E-state index contributed by atoms with van der Waals surface area (Å²) in [7, 11) is 8.47. The van der Waals surface area contributed by atoms with E-state index in [0.717, 1.165) is 65.1 Å². The molecule has 4 aromatic rings. The van der Waals surface area contributed by atoms with Gasteiger partial charge in [-0.1, -0.05) is 89.8 Å². The quantitative estimate of drug-likeness (QED) is 0.0532. The van der Waals surface area contributed by atoms with Gasteiger partial charge in [0.2, 0.25) is 0 Å². The Morgan fingerprint density at radius 2 is 0.746 bits per heavy atom. The second-order valence-corrected chi connectivity index (χ2v) is 17.4. The summed E-state index contributed by atoms with van der Waals surface area (Å²) in [4.78, 5) is 9.58. The van der Waals surface area contributed by atoms with Gasteiger partial charge >= 0.3 is 0 Å². The number of unbranched alkanes of at least 4 members (excludes halogenated alkanes) is 4. The zero-order valence-electron chi connectivity index (χ0n) is 39.2. The molecule has 4 aromatic carbocycles. The molecule has 2 unspecified atom stereocenters. The van der Waals surface area contributed by atoms with Crippen LogP contribution in [0.25, 0.3) is 0 Å². The Kier molecular flexibility index (Phi) is 20.7. The molecule has 0 N–H and O–H groups in total. The topological polar surface area (TPSA) is 22.2 Å². The Morgan fingerprint density at radius 1 is 0.424 bits per heavy atom. The molecular weight excluding hydrogens is 721 g/mol. The lowest BCUT2D eigenvalue weighted by Gasteiger charge is -2.27. The van der Waals surface area contributed by atoms with Crippen molar-refractivity contribution < 1.29 is 4.74 Å². The average molecular weight is 803 g/mol. The van der Waals surface area contributed by atoms with E-state index in [1.807, 2.05) is 0 Å². The number of anilines is 4. The fourth-order valence-electron chi connectivity index (χ4n) is 8.53. The maximum atomic E-state index is 6.46. The SMILES string of the molecule is CCCCN(CCCC)c1ccc(C(CCCOCCCC(c2ccc(N(C)C)cc2)c2ccc(N(CCCC)CCCC)cc2C)c2ccc(N(C)C)cc2)c(C)c1. The predicted octanol–water partition coefficient (Wildman–Crippen LogP) is 13.8. The molecule has 2 atom stereocenters. The van der Waals surface area contributed by atoms with E-state index in [0.29, 0.717) is 11.8 Å². The number of nitrogens with zero attached hydrogens (tertiary/aromatic N) is 4. The van der Waals surface area contributed by atoms with Crippen molar-refractivity contribution in [3.63, 3.8) is 0 Å². The van der Waals surface area contributed by atoms with E-state index < -0.39 is 0 Å². The fourth-order valence-corrected chi connectivity index (χ4v) is 8.53. The lowest BCUT2D eigenvalue weighted by Crippen LogP contribution is -2.25. The maximum absolute atomic E-state index is 6.46. The number of hydrogen-bond acceptors (Lipinski definition) is 5. The van der Waals surface area contributed by atoms with Gasteiger partial charge in [0.15, 0.2) is 0 Å². The molecule has 0 aliphatic rings. The van der Waals surface area contributed by atoms with Crippen molar-refractivity contribution in [3.8, 4) is 0 Å². The molecule has 4 rings (SSSR count). The first-order valence-electron chi connectivity index (χ1n) is 23.4. The van der Waals surface area contributed by atoms with Crippen LogP contribution in [0.2, 0.25) is 0 Å². The van der Waals surface area contributed by atoms with Crippen molar-refractivity contribution in [1.29, 1.82) is 0 Å². The number of aryl methyl sites for hydroxylation is 2. The summed E-state index contributed by atoms with van der Waals surface area (Å²) in [6.45, 7) is 19.9. The monoisotopic (exact) mass is 803 g/mol. The number of benzene rings is 4. The van der Waals surface area contributed by atoms with Gasteiger partial charge in [0.05, 0.1) is 0 Å². The summed E-state index contributed by atoms with van der Waals surface area (Å²) in [6, 6.07) is 33.0. The van der Waals surface area contributed by atoms with Crippen LogP contribution in [0.3, 0.4) is 0 Å². The molecule has 0 saturated carbocycles. The summed E-state index contributed by atoms with van der Waals surface area (Å²) < 4.78 is 6.46. The van der Waals surface area contributed by atoms with Gasteiger partial charge in [0.25, 0.3) is 0 Å². The highest BCUT2D eigenvalue weighted by Crippen LogP contribution is 2.36. The number of rotatable bonds is 28. The molecule has 5 heteroatoms. The Morgan fingerprint density at radius 3 is 1.03 bits per heavy atom. The third-order valence-electron chi connectivity index (χ3n) is 12.3. The van der Waals surface area contributed by atoms with E-state index in [4.69, 9.17) is 4.74 Å². The average Bonchev–Trinajstić information content (AvgIpc) is 3.24. The van der Waals surface area contributed by atoms with E-state index in [-0.39, 0.29) is 0 Å². The minimum absolute atomic E-state index is 0.337. The second kappa shape index (κ2) is 25.6. The van der Waals surface area contributed by atoms with Crippen LogP contribution in [0.5, 0.6) is 0 Å². The molecular formula is C54H82N4O. The molecule has 0 saturated heterocycles. The van der Waals surface area contributed by atoms with Crippen molar-refractivity contribution in [2.24, 2.45) is 0 Å². The highest BCUT2D eigenvalue weighted by atomic mass is 16.5. The molecule has 324 valence electrons. The van der Waals surface area contributed by atoms with Gasteiger partial charge in [0.1, 0.15) is 0 Å². The van der Waals surface area contributed by atoms with Gasteiger partial charge in [-0.3, -0.25) is 0 Å². The second-order valence-electron chi connectivity index (χ2n) is 17.4. The van der Waals surface area contributed by atoms with Crippen LogP contribution in [0.15, 0.2) is 84.9 Å². The molecule has 0 amide bonds. The summed E-state index contributed by atoms with van der Waals surface area (Å²) in [5.74, 6) is 0.674. The summed E-state index contributed by atoms with van der Waals surface area (Å²) in [5, 5.41) is 0. The molecule has 0 spiro atoms. The molecule has 0 aliphatic heterocycles. The Hall–Kier alpha value is -3.96. The highest BCUT2D eigenvalue weighted by Gasteiger charge is 2.20. The minimum atomic E-state index is 0.337. The van der Waals surface area contributed by atoms with Crippen LogP contribution < -0.4 is 19.6 Å². The summed E-state index contributed by atoms with van der Waals surface area (Å²) in [6.07, 6.45) is 14.0. The van der Waals surface area contributed by atoms with Crippen LogP contribution in [0.4, 0.5) is 22.7 Å². The third-order valence-corrected chi connectivity index (χ3v) is 12.3. The van der Waals surface area contributed by atoms with E-state index in [1.54, 1.807) is 0 Å².